The number of allylic oxidation sites excluding steroid dienone is 1. The van der Waals surface area contributed by atoms with Crippen LogP contribution < -0.4 is 0 Å². The number of benzene rings is 2. The van der Waals surface area contributed by atoms with Gasteiger partial charge < -0.3 is 4.90 Å². The standard InChI is InChI=1S/C27H32F2N2O.C7H14/c1-6-12-31(16-18(4)32)19(5)26(7-2)30-27-17(3)13-21(20-8-9-20)14-24(27)23-11-10-22(28)15-25(23)29;1-7-5-3-2-4-6-7/h10-11,13-15,20H,5-9,12,16H2,1-4H3;7H,2-6H2,1H3. The lowest BCUT2D eigenvalue weighted by Gasteiger charge is -2.26. The summed E-state index contributed by atoms with van der Waals surface area (Å²) in [6, 6.07) is 7.79. The summed E-state index contributed by atoms with van der Waals surface area (Å²) in [5.41, 5.74) is 5.24. The van der Waals surface area contributed by atoms with Crippen molar-refractivity contribution >= 4 is 17.2 Å². The molecule has 0 spiro atoms. The molecule has 212 valence electrons. The smallest absolute Gasteiger partial charge is 0.149 e. The third-order valence-corrected chi connectivity index (χ3v) is 7.69. The molecule has 0 saturated heterocycles. The number of aryl methyl sites for hydroxylation is 1. The molecule has 4 rings (SSSR count). The summed E-state index contributed by atoms with van der Waals surface area (Å²) in [4.78, 5) is 18.7. The zero-order valence-corrected chi connectivity index (χ0v) is 24.6. The van der Waals surface area contributed by atoms with Gasteiger partial charge in [0.15, 0.2) is 0 Å². The van der Waals surface area contributed by atoms with Gasteiger partial charge in [0.1, 0.15) is 17.4 Å². The summed E-state index contributed by atoms with van der Waals surface area (Å²) in [6.07, 6.45) is 11.2. The van der Waals surface area contributed by atoms with Gasteiger partial charge in [-0.15, -0.1) is 0 Å². The summed E-state index contributed by atoms with van der Waals surface area (Å²) in [5, 5.41) is 0. The Labute approximate surface area is 234 Å². The largest absolute Gasteiger partial charge is 0.363 e. The van der Waals surface area contributed by atoms with Crippen LogP contribution in [0.5, 0.6) is 0 Å². The van der Waals surface area contributed by atoms with Gasteiger partial charge in [0, 0.05) is 23.7 Å². The topological polar surface area (TPSA) is 32.7 Å². The van der Waals surface area contributed by atoms with Crippen LogP contribution in [0.4, 0.5) is 14.5 Å². The summed E-state index contributed by atoms with van der Waals surface area (Å²) < 4.78 is 28.4. The second-order valence-electron chi connectivity index (χ2n) is 11.4. The molecular weight excluding hydrogens is 490 g/mol. The fraction of sp³-hybridized carbons (Fsp3) is 0.529. The highest BCUT2D eigenvalue weighted by molar-refractivity contribution is 6.02. The molecule has 0 N–H and O–H groups in total. The van der Waals surface area contributed by atoms with Crippen LogP contribution in [0.3, 0.4) is 0 Å². The second-order valence-corrected chi connectivity index (χ2v) is 11.4. The molecule has 5 heteroatoms. The van der Waals surface area contributed by atoms with Gasteiger partial charge in [-0.1, -0.05) is 65.5 Å². The van der Waals surface area contributed by atoms with Crippen LogP contribution in [0.1, 0.15) is 103 Å². The van der Waals surface area contributed by atoms with E-state index in [2.05, 4.69) is 26.5 Å². The van der Waals surface area contributed by atoms with Crippen LogP contribution in [0, 0.1) is 24.5 Å². The number of nitrogens with zero attached hydrogens (tertiary/aromatic N) is 2. The van der Waals surface area contributed by atoms with Crippen molar-refractivity contribution in [3.63, 3.8) is 0 Å². The van der Waals surface area contributed by atoms with E-state index in [1.165, 1.54) is 49.8 Å². The van der Waals surface area contributed by atoms with Crippen LogP contribution >= 0.6 is 0 Å². The Bertz CT molecular complexity index is 1180. The molecule has 2 aliphatic rings. The molecule has 2 fully saturated rings. The number of carbonyl (C=O) groups excluding carboxylic acids is 1. The molecular formula is C34H46F2N2O. The Kier molecular flexibility index (Phi) is 11.4. The van der Waals surface area contributed by atoms with E-state index in [0.717, 1.165) is 42.5 Å². The fourth-order valence-electron chi connectivity index (χ4n) is 5.34. The molecule has 2 aliphatic carbocycles. The molecule has 0 aliphatic heterocycles. The van der Waals surface area contributed by atoms with Crippen molar-refractivity contribution in [1.29, 1.82) is 0 Å². The number of rotatable bonds is 10. The monoisotopic (exact) mass is 536 g/mol. The first-order chi connectivity index (χ1) is 18.6. The highest BCUT2D eigenvalue weighted by atomic mass is 19.1. The van der Waals surface area contributed by atoms with Crippen LogP contribution in [-0.2, 0) is 4.79 Å². The summed E-state index contributed by atoms with van der Waals surface area (Å²) in [6.45, 7) is 15.2. The van der Waals surface area contributed by atoms with Gasteiger partial charge in [0.2, 0.25) is 0 Å². The minimum atomic E-state index is -0.603. The highest BCUT2D eigenvalue weighted by Gasteiger charge is 2.26. The minimum Gasteiger partial charge on any atom is -0.363 e. The van der Waals surface area contributed by atoms with Crippen LogP contribution in [0.2, 0.25) is 0 Å². The summed E-state index contributed by atoms with van der Waals surface area (Å²) >= 11 is 0. The average molecular weight is 537 g/mol. The fourth-order valence-corrected chi connectivity index (χ4v) is 5.34. The maximum atomic E-state index is 14.8. The van der Waals surface area contributed by atoms with E-state index in [0.29, 0.717) is 41.4 Å². The van der Waals surface area contributed by atoms with Crippen LogP contribution in [0.15, 0.2) is 47.6 Å². The maximum absolute atomic E-state index is 14.8. The molecule has 39 heavy (non-hydrogen) atoms. The third kappa shape index (κ3) is 8.84. The number of ketones is 1. The Hall–Kier alpha value is -2.82. The Morgan fingerprint density at radius 3 is 2.23 bits per heavy atom. The van der Waals surface area contributed by atoms with E-state index < -0.39 is 11.6 Å². The Morgan fingerprint density at radius 2 is 1.72 bits per heavy atom. The average Bonchev–Trinajstić information content (AvgIpc) is 3.74. The lowest BCUT2D eigenvalue weighted by Crippen LogP contribution is -2.31. The van der Waals surface area contributed by atoms with Crippen LogP contribution in [0.25, 0.3) is 11.1 Å². The first kappa shape index (κ1) is 30.7. The molecule has 0 heterocycles. The molecule has 0 aromatic heterocycles. The number of Topliss-reactive ketones (excluding diaryl/α,β-unsaturated/α-hetero) is 1. The maximum Gasteiger partial charge on any atom is 0.149 e. The first-order valence-electron chi connectivity index (χ1n) is 14.8. The minimum absolute atomic E-state index is 0.0640. The third-order valence-electron chi connectivity index (χ3n) is 7.69. The van der Waals surface area contributed by atoms with Gasteiger partial charge in [-0.3, -0.25) is 9.79 Å². The molecule has 0 atom stereocenters. The lowest BCUT2D eigenvalue weighted by molar-refractivity contribution is -0.117. The molecule has 0 amide bonds. The zero-order chi connectivity index (χ0) is 28.5. The van der Waals surface area contributed by atoms with Crippen molar-refractivity contribution in [1.82, 2.24) is 4.90 Å². The normalized spacial score (nSPS) is 15.9. The second kappa shape index (κ2) is 14.5. The number of hydrogen-bond acceptors (Lipinski definition) is 3. The number of halogens is 2. The number of carbonyl (C=O) groups is 1. The molecule has 0 bridgehead atoms. The molecule has 2 aromatic rings. The van der Waals surface area contributed by atoms with Crippen molar-refractivity contribution in [3.8, 4) is 11.1 Å². The van der Waals surface area contributed by atoms with Gasteiger partial charge in [0.25, 0.3) is 0 Å². The van der Waals surface area contributed by atoms with Gasteiger partial charge in [-0.05, 0) is 80.7 Å². The zero-order valence-electron chi connectivity index (χ0n) is 24.6. The Morgan fingerprint density at radius 1 is 1.03 bits per heavy atom. The summed E-state index contributed by atoms with van der Waals surface area (Å²) in [7, 11) is 0. The molecule has 2 saturated carbocycles. The van der Waals surface area contributed by atoms with Gasteiger partial charge in [0.05, 0.1) is 23.6 Å². The molecule has 2 aromatic carbocycles. The van der Waals surface area contributed by atoms with Gasteiger partial charge >= 0.3 is 0 Å². The quantitative estimate of drug-likeness (QED) is 0.283. The van der Waals surface area contributed by atoms with Gasteiger partial charge in [-0.2, -0.15) is 0 Å². The van der Waals surface area contributed by atoms with Crippen molar-refractivity contribution in [2.24, 2.45) is 10.9 Å². The van der Waals surface area contributed by atoms with E-state index in [1.807, 2.05) is 24.8 Å². The lowest BCUT2D eigenvalue weighted by atomic mass is 9.91. The molecule has 3 nitrogen and oxygen atoms in total. The predicted octanol–water partition coefficient (Wildman–Crippen LogP) is 9.70. The number of aliphatic imine (C=N–C) groups is 1. The van der Waals surface area contributed by atoms with Gasteiger partial charge in [-0.25, -0.2) is 8.78 Å². The van der Waals surface area contributed by atoms with E-state index in [1.54, 1.807) is 6.92 Å². The molecule has 0 unspecified atom stereocenters. The number of hydrogen-bond donors (Lipinski definition) is 0. The molecule has 0 radical (unpaired) electrons. The Balaban J connectivity index is 0.000000520. The summed E-state index contributed by atoms with van der Waals surface area (Å²) in [5.74, 6) is 0.386. The van der Waals surface area contributed by atoms with E-state index in [-0.39, 0.29) is 12.3 Å². The SMILES string of the molecule is C=C(C(CC)=Nc1c(C)cc(C2CC2)cc1-c1ccc(F)cc1F)N(CCC)CC(C)=O.CC1CCCCC1. The van der Waals surface area contributed by atoms with Crippen molar-refractivity contribution in [2.75, 3.05) is 13.1 Å². The van der Waals surface area contributed by atoms with Crippen molar-refractivity contribution < 1.29 is 13.6 Å². The van der Waals surface area contributed by atoms with E-state index in [4.69, 9.17) is 4.99 Å². The highest BCUT2D eigenvalue weighted by Crippen LogP contribution is 2.45. The van der Waals surface area contributed by atoms with Crippen LogP contribution in [-0.4, -0.2) is 29.5 Å². The van der Waals surface area contributed by atoms with Crippen molar-refractivity contribution in [2.45, 2.75) is 98.3 Å². The predicted molar refractivity (Wildman–Crippen MR) is 160 cm³/mol. The van der Waals surface area contributed by atoms with E-state index >= 15 is 0 Å². The first-order valence-corrected chi connectivity index (χ1v) is 14.8. The van der Waals surface area contributed by atoms with Crippen molar-refractivity contribution in [3.05, 3.63) is 65.4 Å². The van der Waals surface area contributed by atoms with E-state index in [9.17, 15) is 13.6 Å².